The molecule has 0 bridgehead atoms. The van der Waals surface area contributed by atoms with Crippen LogP contribution in [-0.4, -0.2) is 6.04 Å². The third kappa shape index (κ3) is 4.08. The lowest BCUT2D eigenvalue weighted by atomic mass is 9.99. The molecule has 1 rings (SSSR count). The SMILES string of the molecule is CCCCC(NC(C)C)c1cccc(F)c1F. The van der Waals surface area contributed by atoms with Crippen molar-refractivity contribution in [2.24, 2.45) is 0 Å². The molecule has 0 fully saturated rings. The molecule has 0 aliphatic carbocycles. The molecule has 0 saturated heterocycles. The van der Waals surface area contributed by atoms with Gasteiger partial charge in [0, 0.05) is 17.6 Å². The monoisotopic (exact) mass is 241 g/mol. The summed E-state index contributed by atoms with van der Waals surface area (Å²) in [5.41, 5.74) is 0.437. The number of benzene rings is 1. The molecule has 1 atom stereocenters. The largest absolute Gasteiger partial charge is 0.308 e. The molecular weight excluding hydrogens is 220 g/mol. The highest BCUT2D eigenvalue weighted by atomic mass is 19.2. The van der Waals surface area contributed by atoms with Gasteiger partial charge in [-0.05, 0) is 12.5 Å². The molecule has 1 unspecified atom stereocenters. The lowest BCUT2D eigenvalue weighted by molar-refractivity contribution is 0.412. The van der Waals surface area contributed by atoms with Crippen molar-refractivity contribution in [3.63, 3.8) is 0 Å². The van der Waals surface area contributed by atoms with Gasteiger partial charge in [0.05, 0.1) is 0 Å². The van der Waals surface area contributed by atoms with Gasteiger partial charge in [-0.3, -0.25) is 0 Å². The molecule has 0 saturated carbocycles. The molecule has 0 spiro atoms. The summed E-state index contributed by atoms with van der Waals surface area (Å²) in [6.07, 6.45) is 2.88. The highest BCUT2D eigenvalue weighted by Gasteiger charge is 2.18. The molecular formula is C14H21F2N. The number of unbranched alkanes of at least 4 members (excludes halogenated alkanes) is 1. The topological polar surface area (TPSA) is 12.0 Å². The fraction of sp³-hybridized carbons (Fsp3) is 0.571. The van der Waals surface area contributed by atoms with Crippen molar-refractivity contribution >= 4 is 0 Å². The molecule has 1 aromatic carbocycles. The maximum absolute atomic E-state index is 13.7. The first-order chi connectivity index (χ1) is 8.06. The summed E-state index contributed by atoms with van der Waals surface area (Å²) >= 11 is 0. The maximum atomic E-state index is 13.7. The average molecular weight is 241 g/mol. The number of halogens is 2. The van der Waals surface area contributed by atoms with Crippen LogP contribution >= 0.6 is 0 Å². The second kappa shape index (κ2) is 6.70. The van der Waals surface area contributed by atoms with E-state index in [-0.39, 0.29) is 12.1 Å². The van der Waals surface area contributed by atoms with Crippen LogP contribution in [0.5, 0.6) is 0 Å². The Labute approximate surface area is 102 Å². The molecule has 17 heavy (non-hydrogen) atoms. The van der Waals surface area contributed by atoms with Gasteiger partial charge in [0.15, 0.2) is 11.6 Å². The highest BCUT2D eigenvalue weighted by molar-refractivity contribution is 5.22. The van der Waals surface area contributed by atoms with Crippen LogP contribution in [0.2, 0.25) is 0 Å². The van der Waals surface area contributed by atoms with Crippen molar-refractivity contribution in [2.75, 3.05) is 0 Å². The first-order valence-corrected chi connectivity index (χ1v) is 6.26. The van der Waals surface area contributed by atoms with Gasteiger partial charge in [-0.15, -0.1) is 0 Å². The van der Waals surface area contributed by atoms with E-state index in [0.29, 0.717) is 5.56 Å². The summed E-state index contributed by atoms with van der Waals surface area (Å²) in [7, 11) is 0. The van der Waals surface area contributed by atoms with E-state index in [1.165, 1.54) is 0 Å². The van der Waals surface area contributed by atoms with Gasteiger partial charge in [0.2, 0.25) is 0 Å². The van der Waals surface area contributed by atoms with Crippen LogP contribution in [-0.2, 0) is 0 Å². The summed E-state index contributed by atoms with van der Waals surface area (Å²) in [5, 5.41) is 3.29. The quantitative estimate of drug-likeness (QED) is 0.787. The van der Waals surface area contributed by atoms with Crippen LogP contribution in [0.3, 0.4) is 0 Å². The van der Waals surface area contributed by atoms with Gasteiger partial charge >= 0.3 is 0 Å². The predicted octanol–water partition coefficient (Wildman–Crippen LogP) is 4.19. The minimum atomic E-state index is -0.769. The van der Waals surface area contributed by atoms with Crippen LogP contribution in [0.15, 0.2) is 18.2 Å². The van der Waals surface area contributed by atoms with Gasteiger partial charge in [-0.2, -0.15) is 0 Å². The van der Waals surface area contributed by atoms with Crippen LogP contribution in [0.4, 0.5) is 8.78 Å². The Hall–Kier alpha value is -0.960. The van der Waals surface area contributed by atoms with E-state index >= 15 is 0 Å². The predicted molar refractivity (Wildman–Crippen MR) is 66.9 cm³/mol. The third-order valence-corrected chi connectivity index (χ3v) is 2.74. The van der Waals surface area contributed by atoms with E-state index in [4.69, 9.17) is 0 Å². The zero-order valence-corrected chi connectivity index (χ0v) is 10.8. The van der Waals surface area contributed by atoms with Gasteiger partial charge in [-0.25, -0.2) is 8.78 Å². The van der Waals surface area contributed by atoms with Crippen LogP contribution < -0.4 is 5.32 Å². The molecule has 3 heteroatoms. The van der Waals surface area contributed by atoms with Crippen molar-refractivity contribution in [1.29, 1.82) is 0 Å². The number of nitrogens with one attached hydrogen (secondary N) is 1. The molecule has 96 valence electrons. The Morgan fingerprint density at radius 2 is 1.94 bits per heavy atom. The summed E-state index contributed by atoms with van der Waals surface area (Å²) in [6.45, 7) is 6.11. The van der Waals surface area contributed by atoms with Crippen molar-refractivity contribution in [3.05, 3.63) is 35.4 Å². The van der Waals surface area contributed by atoms with E-state index in [9.17, 15) is 8.78 Å². The maximum Gasteiger partial charge on any atom is 0.163 e. The van der Waals surface area contributed by atoms with E-state index in [1.807, 2.05) is 13.8 Å². The molecule has 0 aliphatic rings. The zero-order chi connectivity index (χ0) is 12.8. The minimum Gasteiger partial charge on any atom is -0.308 e. The Balaban J connectivity index is 2.90. The van der Waals surface area contributed by atoms with Gasteiger partial charge in [0.1, 0.15) is 0 Å². The molecule has 0 aliphatic heterocycles. The van der Waals surface area contributed by atoms with E-state index in [2.05, 4.69) is 12.2 Å². The van der Waals surface area contributed by atoms with Gasteiger partial charge in [-0.1, -0.05) is 45.7 Å². The van der Waals surface area contributed by atoms with Gasteiger partial charge < -0.3 is 5.32 Å². The molecule has 0 heterocycles. The Bertz CT molecular complexity index is 350. The number of hydrogen-bond acceptors (Lipinski definition) is 1. The standard InChI is InChI=1S/C14H21F2N/c1-4-5-9-13(17-10(2)3)11-7-6-8-12(15)14(11)16/h6-8,10,13,17H,4-5,9H2,1-3H3. The second-order valence-electron chi connectivity index (χ2n) is 4.66. The highest BCUT2D eigenvalue weighted by Crippen LogP contribution is 2.24. The van der Waals surface area contributed by atoms with Crippen LogP contribution in [0.1, 0.15) is 51.6 Å². The van der Waals surface area contributed by atoms with Crippen LogP contribution in [0, 0.1) is 11.6 Å². The lowest BCUT2D eigenvalue weighted by Crippen LogP contribution is -2.29. The Morgan fingerprint density at radius 3 is 2.53 bits per heavy atom. The summed E-state index contributed by atoms with van der Waals surface area (Å²) < 4.78 is 26.9. The summed E-state index contributed by atoms with van der Waals surface area (Å²) in [5.74, 6) is -1.49. The van der Waals surface area contributed by atoms with E-state index < -0.39 is 11.6 Å². The Kier molecular flexibility index (Phi) is 5.56. The lowest BCUT2D eigenvalue weighted by Gasteiger charge is -2.22. The summed E-state index contributed by atoms with van der Waals surface area (Å²) in [4.78, 5) is 0. The molecule has 1 aromatic rings. The second-order valence-corrected chi connectivity index (χ2v) is 4.66. The smallest absolute Gasteiger partial charge is 0.163 e. The molecule has 1 nitrogen and oxygen atoms in total. The van der Waals surface area contributed by atoms with E-state index in [1.54, 1.807) is 12.1 Å². The first-order valence-electron chi connectivity index (χ1n) is 6.26. The van der Waals surface area contributed by atoms with Gasteiger partial charge in [0.25, 0.3) is 0 Å². The molecule has 0 aromatic heterocycles. The van der Waals surface area contributed by atoms with Crippen LogP contribution in [0.25, 0.3) is 0 Å². The van der Waals surface area contributed by atoms with Crippen molar-refractivity contribution in [1.82, 2.24) is 5.32 Å². The fourth-order valence-electron chi connectivity index (χ4n) is 1.93. The average Bonchev–Trinajstić information content (AvgIpc) is 2.28. The third-order valence-electron chi connectivity index (χ3n) is 2.74. The zero-order valence-electron chi connectivity index (χ0n) is 10.8. The minimum absolute atomic E-state index is 0.106. The molecule has 1 N–H and O–H groups in total. The fourth-order valence-corrected chi connectivity index (χ4v) is 1.93. The number of rotatable bonds is 6. The van der Waals surface area contributed by atoms with Crippen molar-refractivity contribution in [3.8, 4) is 0 Å². The normalized spacial score (nSPS) is 13.1. The first kappa shape index (κ1) is 14.1. The van der Waals surface area contributed by atoms with Crippen molar-refractivity contribution in [2.45, 2.75) is 52.1 Å². The number of hydrogen-bond donors (Lipinski definition) is 1. The summed E-state index contributed by atoms with van der Waals surface area (Å²) in [6, 6.07) is 4.53. The molecule has 0 radical (unpaired) electrons. The Morgan fingerprint density at radius 1 is 1.24 bits per heavy atom. The molecule has 0 amide bonds. The van der Waals surface area contributed by atoms with Crippen molar-refractivity contribution < 1.29 is 8.78 Å². The van der Waals surface area contributed by atoms with E-state index in [0.717, 1.165) is 25.3 Å².